The highest BCUT2D eigenvalue weighted by atomic mass is 35.5. The molecule has 2 aliphatic rings. The average Bonchev–Trinajstić information content (AvgIpc) is 2.64. The molecule has 0 aliphatic carbocycles. The van der Waals surface area contributed by atoms with Crippen molar-refractivity contribution in [3.63, 3.8) is 0 Å². The lowest BCUT2D eigenvalue weighted by Crippen LogP contribution is -2.46. The molecule has 0 spiro atoms. The molecule has 2 aliphatic heterocycles. The molecule has 26 heavy (non-hydrogen) atoms. The average molecular weight is 373 g/mol. The molecular weight excluding hydrogens is 356 g/mol. The van der Waals surface area contributed by atoms with Crippen molar-refractivity contribution in [3.05, 3.63) is 53.1 Å². The van der Waals surface area contributed by atoms with Crippen molar-refractivity contribution in [2.24, 2.45) is 0 Å². The van der Waals surface area contributed by atoms with Gasteiger partial charge < -0.3 is 14.8 Å². The molecule has 0 unspecified atom stereocenters. The van der Waals surface area contributed by atoms with Gasteiger partial charge in [0.05, 0.1) is 18.3 Å². The third-order valence-corrected chi connectivity index (χ3v) is 4.69. The molecule has 0 bridgehead atoms. The third kappa shape index (κ3) is 3.20. The number of fused-ring (bicyclic) bond motifs is 2. The van der Waals surface area contributed by atoms with Gasteiger partial charge in [0.25, 0.3) is 5.91 Å². The molecule has 0 saturated carbocycles. The van der Waals surface area contributed by atoms with Crippen molar-refractivity contribution in [3.8, 4) is 11.5 Å². The van der Waals surface area contributed by atoms with E-state index in [9.17, 15) is 9.59 Å². The van der Waals surface area contributed by atoms with E-state index in [1.54, 1.807) is 18.2 Å². The number of anilines is 1. The van der Waals surface area contributed by atoms with E-state index in [0.29, 0.717) is 29.5 Å². The summed E-state index contributed by atoms with van der Waals surface area (Å²) in [6, 6.07) is 12.5. The lowest BCUT2D eigenvalue weighted by atomic mass is 10.0. The van der Waals surface area contributed by atoms with E-state index in [-0.39, 0.29) is 31.0 Å². The highest BCUT2D eigenvalue weighted by molar-refractivity contribution is 6.31. The molecule has 2 heterocycles. The van der Waals surface area contributed by atoms with Gasteiger partial charge >= 0.3 is 0 Å². The molecule has 6 nitrogen and oxygen atoms in total. The van der Waals surface area contributed by atoms with E-state index in [1.807, 2.05) is 24.3 Å². The third-order valence-electron chi connectivity index (χ3n) is 4.46. The summed E-state index contributed by atoms with van der Waals surface area (Å²) in [6.45, 7) is 0.355. The highest BCUT2D eigenvalue weighted by Gasteiger charge is 2.29. The van der Waals surface area contributed by atoms with E-state index >= 15 is 0 Å². The number of para-hydroxylation sites is 1. The van der Waals surface area contributed by atoms with Crippen molar-refractivity contribution in [1.82, 2.24) is 5.32 Å². The summed E-state index contributed by atoms with van der Waals surface area (Å²) < 4.78 is 11.0. The van der Waals surface area contributed by atoms with E-state index in [2.05, 4.69) is 5.32 Å². The number of hydrogen-bond acceptors (Lipinski definition) is 4. The summed E-state index contributed by atoms with van der Waals surface area (Å²) in [7, 11) is 0. The number of rotatable bonds is 3. The van der Waals surface area contributed by atoms with Gasteiger partial charge in [-0.2, -0.15) is 0 Å². The summed E-state index contributed by atoms with van der Waals surface area (Å²) >= 11 is 6.03. The molecule has 0 aromatic heterocycles. The van der Waals surface area contributed by atoms with Crippen LogP contribution in [0.3, 0.4) is 0 Å². The SMILES string of the molecule is O=C(CN1C(=O)COc2ccc(Cl)cc21)N[C@@H]1CCOc2ccccc21. The van der Waals surface area contributed by atoms with Crippen LogP contribution in [0.2, 0.25) is 5.02 Å². The zero-order valence-corrected chi connectivity index (χ0v) is 14.7. The topological polar surface area (TPSA) is 67.9 Å². The van der Waals surface area contributed by atoms with Gasteiger partial charge in [0.15, 0.2) is 6.61 Å². The number of benzene rings is 2. The number of ether oxygens (including phenoxy) is 2. The zero-order chi connectivity index (χ0) is 18.1. The summed E-state index contributed by atoms with van der Waals surface area (Å²) in [4.78, 5) is 26.3. The van der Waals surface area contributed by atoms with Crippen LogP contribution in [-0.2, 0) is 9.59 Å². The van der Waals surface area contributed by atoms with E-state index in [0.717, 1.165) is 11.3 Å². The molecule has 2 aromatic carbocycles. The Morgan fingerprint density at radius 3 is 2.92 bits per heavy atom. The number of nitrogens with one attached hydrogen (secondary N) is 1. The molecule has 134 valence electrons. The smallest absolute Gasteiger partial charge is 0.265 e. The summed E-state index contributed by atoms with van der Waals surface area (Å²) in [6.07, 6.45) is 0.683. The van der Waals surface area contributed by atoms with Crippen LogP contribution in [0, 0.1) is 0 Å². The lowest BCUT2D eigenvalue weighted by molar-refractivity contribution is -0.125. The van der Waals surface area contributed by atoms with Gasteiger partial charge in [0, 0.05) is 17.0 Å². The molecule has 0 saturated heterocycles. The van der Waals surface area contributed by atoms with Crippen LogP contribution in [0.25, 0.3) is 0 Å². The molecule has 7 heteroatoms. The number of amides is 2. The molecule has 0 radical (unpaired) electrons. The summed E-state index contributed by atoms with van der Waals surface area (Å²) in [5, 5.41) is 3.48. The van der Waals surface area contributed by atoms with Crippen molar-refractivity contribution in [2.75, 3.05) is 24.7 Å². The van der Waals surface area contributed by atoms with Crippen LogP contribution in [-0.4, -0.2) is 31.6 Å². The molecule has 2 aromatic rings. The number of nitrogens with zero attached hydrogens (tertiary/aromatic N) is 1. The Bertz CT molecular complexity index is 870. The van der Waals surface area contributed by atoms with Crippen LogP contribution in [0.15, 0.2) is 42.5 Å². The molecule has 2 amide bonds. The second kappa shape index (κ2) is 6.88. The first-order chi connectivity index (χ1) is 12.6. The Kier molecular flexibility index (Phi) is 4.42. The standard InChI is InChI=1S/C19H17ClN2O4/c20-12-5-6-17-15(9-12)22(19(24)11-26-17)10-18(23)21-14-7-8-25-16-4-2-1-3-13(14)16/h1-6,9,14H,7-8,10-11H2,(H,21,23)/t14-/m1/s1. The van der Waals surface area contributed by atoms with Crippen molar-refractivity contribution >= 4 is 29.1 Å². The predicted octanol–water partition coefficient (Wildman–Crippen LogP) is 2.71. The fraction of sp³-hybridized carbons (Fsp3) is 0.263. The van der Waals surface area contributed by atoms with Gasteiger partial charge in [-0.05, 0) is 24.3 Å². The van der Waals surface area contributed by atoms with Crippen LogP contribution in [0.4, 0.5) is 5.69 Å². The first kappa shape index (κ1) is 16.7. The summed E-state index contributed by atoms with van der Waals surface area (Å²) in [5.41, 5.74) is 1.46. The molecular formula is C19H17ClN2O4. The van der Waals surface area contributed by atoms with Gasteiger partial charge in [-0.25, -0.2) is 0 Å². The fourth-order valence-electron chi connectivity index (χ4n) is 3.22. The maximum absolute atomic E-state index is 12.6. The Labute approximate surface area is 155 Å². The van der Waals surface area contributed by atoms with Gasteiger partial charge in [0.1, 0.15) is 18.0 Å². The Morgan fingerprint density at radius 1 is 1.19 bits per heavy atom. The quantitative estimate of drug-likeness (QED) is 0.899. The first-order valence-electron chi connectivity index (χ1n) is 8.35. The first-order valence-corrected chi connectivity index (χ1v) is 8.73. The van der Waals surface area contributed by atoms with Gasteiger partial charge in [-0.3, -0.25) is 14.5 Å². The molecule has 4 rings (SSSR count). The van der Waals surface area contributed by atoms with Gasteiger partial charge in [0.2, 0.25) is 5.91 Å². The second-order valence-electron chi connectivity index (χ2n) is 6.18. The minimum absolute atomic E-state index is 0.0882. The largest absolute Gasteiger partial charge is 0.493 e. The Morgan fingerprint density at radius 2 is 2.04 bits per heavy atom. The fourth-order valence-corrected chi connectivity index (χ4v) is 3.39. The van der Waals surface area contributed by atoms with Crippen molar-refractivity contribution in [2.45, 2.75) is 12.5 Å². The maximum atomic E-state index is 12.6. The van der Waals surface area contributed by atoms with Gasteiger partial charge in [-0.15, -0.1) is 0 Å². The van der Waals surface area contributed by atoms with E-state index in [1.165, 1.54) is 4.90 Å². The normalized spacial score (nSPS) is 18.3. The number of hydrogen-bond donors (Lipinski definition) is 1. The number of halogens is 1. The number of carbonyl (C=O) groups excluding carboxylic acids is 2. The van der Waals surface area contributed by atoms with Crippen LogP contribution >= 0.6 is 11.6 Å². The lowest BCUT2D eigenvalue weighted by Gasteiger charge is -2.31. The van der Waals surface area contributed by atoms with Crippen LogP contribution in [0.1, 0.15) is 18.0 Å². The minimum Gasteiger partial charge on any atom is -0.493 e. The molecule has 1 N–H and O–H groups in total. The maximum Gasteiger partial charge on any atom is 0.265 e. The van der Waals surface area contributed by atoms with Crippen molar-refractivity contribution in [1.29, 1.82) is 0 Å². The van der Waals surface area contributed by atoms with Crippen molar-refractivity contribution < 1.29 is 19.1 Å². The minimum atomic E-state index is -0.276. The highest BCUT2D eigenvalue weighted by Crippen LogP contribution is 2.35. The monoisotopic (exact) mass is 372 g/mol. The van der Waals surface area contributed by atoms with Gasteiger partial charge in [-0.1, -0.05) is 29.8 Å². The van der Waals surface area contributed by atoms with E-state index < -0.39 is 0 Å². The molecule has 0 fully saturated rings. The number of carbonyl (C=O) groups is 2. The second-order valence-corrected chi connectivity index (χ2v) is 6.61. The van der Waals surface area contributed by atoms with Crippen LogP contribution < -0.4 is 19.7 Å². The molecule has 1 atom stereocenters. The Hall–Kier alpha value is -2.73. The van der Waals surface area contributed by atoms with E-state index in [4.69, 9.17) is 21.1 Å². The Balaban J connectivity index is 1.51. The summed E-state index contributed by atoms with van der Waals surface area (Å²) in [5.74, 6) is 0.803. The predicted molar refractivity (Wildman–Crippen MR) is 96.7 cm³/mol. The zero-order valence-electron chi connectivity index (χ0n) is 13.9. The van der Waals surface area contributed by atoms with Crippen LogP contribution in [0.5, 0.6) is 11.5 Å².